The fraction of sp³-hybridized carbons (Fsp3) is 0.619. The van der Waals surface area contributed by atoms with Gasteiger partial charge in [-0.05, 0) is 36.8 Å². The van der Waals surface area contributed by atoms with Gasteiger partial charge >= 0.3 is 11.9 Å². The maximum absolute atomic E-state index is 12.5. The molecule has 4 heteroatoms. The topological polar surface area (TPSA) is 63.6 Å². The summed E-state index contributed by atoms with van der Waals surface area (Å²) in [5, 5.41) is 9.87. The Bertz CT molecular complexity index is 550. The summed E-state index contributed by atoms with van der Waals surface area (Å²) in [6, 6.07) is 8.59. The highest BCUT2D eigenvalue weighted by Gasteiger charge is 2.47. The summed E-state index contributed by atoms with van der Waals surface area (Å²) in [4.78, 5) is 24.5. The molecule has 1 aromatic rings. The van der Waals surface area contributed by atoms with Gasteiger partial charge in [-0.1, -0.05) is 65.7 Å². The number of carboxylic acid groups (broad SMARTS) is 1. The van der Waals surface area contributed by atoms with Crippen LogP contribution in [0.15, 0.2) is 30.3 Å². The first-order valence-corrected chi connectivity index (χ1v) is 9.23. The van der Waals surface area contributed by atoms with E-state index in [0.29, 0.717) is 11.5 Å². The molecule has 1 N–H and O–H groups in total. The summed E-state index contributed by atoms with van der Waals surface area (Å²) in [6.45, 7) is 10.4. The molecule has 0 spiro atoms. The molecule has 0 amide bonds. The van der Waals surface area contributed by atoms with Gasteiger partial charge in [0.05, 0.1) is 5.56 Å². The Morgan fingerprint density at radius 3 is 2.12 bits per heavy atom. The van der Waals surface area contributed by atoms with E-state index in [0.717, 1.165) is 25.7 Å². The Morgan fingerprint density at radius 1 is 1.08 bits per heavy atom. The normalized spacial score (nSPS) is 15.0. The van der Waals surface area contributed by atoms with Gasteiger partial charge in [0.15, 0.2) is 0 Å². The van der Waals surface area contributed by atoms with Gasteiger partial charge in [0, 0.05) is 5.41 Å². The van der Waals surface area contributed by atoms with Gasteiger partial charge in [-0.3, -0.25) is 0 Å². The van der Waals surface area contributed by atoms with Crippen LogP contribution >= 0.6 is 0 Å². The zero-order valence-electron chi connectivity index (χ0n) is 16.1. The lowest BCUT2D eigenvalue weighted by Crippen LogP contribution is -2.47. The Balaban J connectivity index is 3.18. The highest BCUT2D eigenvalue weighted by molar-refractivity contribution is 5.91. The van der Waals surface area contributed by atoms with Gasteiger partial charge in [0.1, 0.15) is 0 Å². The number of carbonyl (C=O) groups is 2. The van der Waals surface area contributed by atoms with Crippen molar-refractivity contribution in [3.05, 3.63) is 35.9 Å². The predicted molar refractivity (Wildman–Crippen MR) is 99.5 cm³/mol. The van der Waals surface area contributed by atoms with Crippen molar-refractivity contribution < 1.29 is 19.4 Å². The largest absolute Gasteiger partial charge is 0.478 e. The molecule has 0 radical (unpaired) electrons. The van der Waals surface area contributed by atoms with Crippen LogP contribution < -0.4 is 0 Å². The molecule has 4 nitrogen and oxygen atoms in total. The number of hydrogen-bond donors (Lipinski definition) is 1. The van der Waals surface area contributed by atoms with E-state index in [1.165, 1.54) is 0 Å². The molecule has 1 aromatic carbocycles. The zero-order valence-corrected chi connectivity index (χ0v) is 16.1. The van der Waals surface area contributed by atoms with E-state index in [1.54, 1.807) is 24.3 Å². The molecule has 0 bridgehead atoms. The van der Waals surface area contributed by atoms with Crippen LogP contribution in [0.2, 0.25) is 0 Å². The van der Waals surface area contributed by atoms with Crippen LogP contribution in [0.4, 0.5) is 0 Å². The number of carbonyl (C=O) groups excluding carboxylic acids is 1. The molecular weight excluding hydrogens is 316 g/mol. The standard InChI is InChI=1S/C21H32O4/c1-6-13-21(16(4)5,14-12-15(2)3)18(19(22)23)25-20(24)17-10-8-7-9-11-17/h7-11,15-16,18H,6,12-14H2,1-5H3,(H,22,23). The highest BCUT2D eigenvalue weighted by Crippen LogP contribution is 2.44. The average molecular weight is 348 g/mol. The van der Waals surface area contributed by atoms with Crippen LogP contribution in [0.3, 0.4) is 0 Å². The van der Waals surface area contributed by atoms with Crippen LogP contribution in [0.1, 0.15) is 70.7 Å². The van der Waals surface area contributed by atoms with Gasteiger partial charge in [0.25, 0.3) is 0 Å². The monoisotopic (exact) mass is 348 g/mol. The van der Waals surface area contributed by atoms with E-state index in [1.807, 2.05) is 26.8 Å². The van der Waals surface area contributed by atoms with Crippen molar-refractivity contribution in [3.8, 4) is 0 Å². The lowest BCUT2D eigenvalue weighted by atomic mass is 9.66. The van der Waals surface area contributed by atoms with E-state index < -0.39 is 23.5 Å². The lowest BCUT2D eigenvalue weighted by molar-refractivity contribution is -0.159. The molecule has 0 aliphatic heterocycles. The van der Waals surface area contributed by atoms with Gasteiger partial charge in [-0.15, -0.1) is 0 Å². The maximum atomic E-state index is 12.5. The van der Waals surface area contributed by atoms with Crippen molar-refractivity contribution in [1.82, 2.24) is 0 Å². The summed E-state index contributed by atoms with van der Waals surface area (Å²) >= 11 is 0. The molecule has 0 aliphatic rings. The first-order valence-electron chi connectivity index (χ1n) is 9.23. The number of hydrogen-bond acceptors (Lipinski definition) is 3. The van der Waals surface area contributed by atoms with Crippen LogP contribution in [0.5, 0.6) is 0 Å². The van der Waals surface area contributed by atoms with E-state index >= 15 is 0 Å². The minimum atomic E-state index is -1.14. The van der Waals surface area contributed by atoms with E-state index in [-0.39, 0.29) is 5.92 Å². The molecule has 0 saturated heterocycles. The number of benzene rings is 1. The Morgan fingerprint density at radius 2 is 1.68 bits per heavy atom. The summed E-state index contributed by atoms with van der Waals surface area (Å²) in [5.74, 6) is -1.07. The Hall–Kier alpha value is -1.84. The van der Waals surface area contributed by atoms with Gasteiger partial charge in [-0.25, -0.2) is 9.59 Å². The molecule has 0 aliphatic carbocycles. The molecule has 0 fully saturated rings. The summed E-state index contributed by atoms with van der Waals surface area (Å²) in [7, 11) is 0. The quantitative estimate of drug-likeness (QED) is 0.592. The number of rotatable bonds is 10. The molecule has 0 saturated carbocycles. The maximum Gasteiger partial charge on any atom is 0.345 e. The molecule has 0 heterocycles. The number of esters is 1. The third-order valence-electron chi connectivity index (χ3n) is 5.03. The van der Waals surface area contributed by atoms with E-state index in [2.05, 4.69) is 13.8 Å². The van der Waals surface area contributed by atoms with Crippen molar-refractivity contribution in [2.45, 2.75) is 66.4 Å². The van der Waals surface area contributed by atoms with Crippen molar-refractivity contribution in [3.63, 3.8) is 0 Å². The average Bonchev–Trinajstić information content (AvgIpc) is 2.56. The number of ether oxygens (including phenoxy) is 1. The fourth-order valence-corrected chi connectivity index (χ4v) is 3.45. The Labute approximate surface area is 151 Å². The van der Waals surface area contributed by atoms with Gasteiger partial charge in [-0.2, -0.15) is 0 Å². The third-order valence-corrected chi connectivity index (χ3v) is 5.03. The first-order chi connectivity index (χ1) is 11.7. The van der Waals surface area contributed by atoms with Gasteiger partial charge < -0.3 is 9.84 Å². The highest BCUT2D eigenvalue weighted by atomic mass is 16.6. The van der Waals surface area contributed by atoms with E-state index in [4.69, 9.17) is 4.74 Å². The molecule has 25 heavy (non-hydrogen) atoms. The number of aliphatic carboxylic acids is 1. The van der Waals surface area contributed by atoms with E-state index in [9.17, 15) is 14.7 Å². The zero-order chi connectivity index (χ0) is 19.0. The summed E-state index contributed by atoms with van der Waals surface area (Å²) < 4.78 is 5.57. The number of carboxylic acids is 1. The summed E-state index contributed by atoms with van der Waals surface area (Å²) in [5.41, 5.74) is -0.179. The minimum Gasteiger partial charge on any atom is -0.478 e. The van der Waals surface area contributed by atoms with Crippen LogP contribution in [-0.2, 0) is 9.53 Å². The molecule has 2 atom stereocenters. The Kier molecular flexibility index (Phi) is 8.14. The van der Waals surface area contributed by atoms with Crippen molar-refractivity contribution in [2.75, 3.05) is 0 Å². The summed E-state index contributed by atoms with van der Waals surface area (Å²) in [6.07, 6.45) is 2.07. The second-order valence-corrected chi connectivity index (χ2v) is 7.56. The lowest BCUT2D eigenvalue weighted by Gasteiger charge is -2.42. The molecular formula is C21H32O4. The molecule has 140 valence electrons. The second-order valence-electron chi connectivity index (χ2n) is 7.56. The predicted octanol–water partition coefficient (Wildman–Crippen LogP) is 5.18. The molecule has 2 unspecified atom stereocenters. The van der Waals surface area contributed by atoms with Crippen LogP contribution in [0.25, 0.3) is 0 Å². The second kappa shape index (κ2) is 9.59. The van der Waals surface area contributed by atoms with Crippen molar-refractivity contribution in [2.24, 2.45) is 17.3 Å². The molecule has 0 aromatic heterocycles. The fourth-order valence-electron chi connectivity index (χ4n) is 3.45. The van der Waals surface area contributed by atoms with Gasteiger partial charge in [0.2, 0.25) is 6.10 Å². The molecule has 1 rings (SSSR count). The van der Waals surface area contributed by atoms with Crippen molar-refractivity contribution in [1.29, 1.82) is 0 Å². The first kappa shape index (κ1) is 21.2. The smallest absolute Gasteiger partial charge is 0.345 e. The van der Waals surface area contributed by atoms with Crippen molar-refractivity contribution >= 4 is 11.9 Å². The third kappa shape index (κ3) is 5.58. The SMILES string of the molecule is CCCC(CCC(C)C)(C(C)C)C(OC(=O)c1ccccc1)C(=O)O. The van der Waals surface area contributed by atoms with Crippen LogP contribution in [-0.4, -0.2) is 23.1 Å². The minimum absolute atomic E-state index is 0.0934. The van der Waals surface area contributed by atoms with Crippen LogP contribution in [0, 0.1) is 17.3 Å².